The summed E-state index contributed by atoms with van der Waals surface area (Å²) in [6, 6.07) is 11.8. The Hall–Kier alpha value is -3.90. The monoisotopic (exact) mass is 486 g/mol. The van der Waals surface area contributed by atoms with Crippen LogP contribution in [0, 0.1) is 15.9 Å². The third-order valence-corrected chi connectivity index (χ3v) is 6.40. The lowest BCUT2D eigenvalue weighted by atomic mass is 10.1. The van der Waals surface area contributed by atoms with E-state index in [1.807, 2.05) is 0 Å². The molecule has 0 aliphatic heterocycles. The molecule has 2 aromatic heterocycles. The predicted molar refractivity (Wildman–Crippen MR) is 125 cm³/mol. The minimum atomic E-state index is -0.576. The Balaban J connectivity index is 1.80. The summed E-state index contributed by atoms with van der Waals surface area (Å²) in [6.07, 6.45) is 1.33. The van der Waals surface area contributed by atoms with E-state index in [-0.39, 0.29) is 21.4 Å². The largest absolute Gasteiger partial charge is 0.493 e. The average Bonchev–Trinajstić information content (AvgIpc) is 3.45. The number of fused-ring (bicyclic) bond motifs is 1. The third kappa shape index (κ3) is 4.52. The van der Waals surface area contributed by atoms with E-state index >= 15 is 0 Å². The SMILES string of the molecule is COc1cccc(C(=O)N(/N=C/c2ccc([N+](=O)[O-])s2)c2nc3ccc(F)cc3s2)c1OC. The molecule has 0 radical (unpaired) electrons. The summed E-state index contributed by atoms with van der Waals surface area (Å²) in [7, 11) is 2.86. The maximum Gasteiger partial charge on any atom is 0.324 e. The van der Waals surface area contributed by atoms with Crippen molar-refractivity contribution >= 4 is 55.1 Å². The van der Waals surface area contributed by atoms with Gasteiger partial charge < -0.3 is 9.47 Å². The van der Waals surface area contributed by atoms with Gasteiger partial charge in [0.1, 0.15) is 5.82 Å². The molecule has 0 fully saturated rings. The van der Waals surface area contributed by atoms with Crippen molar-refractivity contribution in [3.63, 3.8) is 0 Å². The summed E-state index contributed by atoms with van der Waals surface area (Å²) in [4.78, 5) is 28.9. The Bertz CT molecular complexity index is 1380. The Morgan fingerprint density at radius 3 is 2.70 bits per heavy atom. The second kappa shape index (κ2) is 9.30. The predicted octanol–water partition coefficient (Wildman–Crippen LogP) is 5.10. The summed E-state index contributed by atoms with van der Waals surface area (Å²) in [5.41, 5.74) is 0.658. The van der Waals surface area contributed by atoms with Gasteiger partial charge in [-0.1, -0.05) is 28.7 Å². The Morgan fingerprint density at radius 2 is 2.00 bits per heavy atom. The van der Waals surface area contributed by atoms with Crippen LogP contribution >= 0.6 is 22.7 Å². The maximum absolute atomic E-state index is 13.7. The summed E-state index contributed by atoms with van der Waals surface area (Å²) < 4.78 is 24.9. The van der Waals surface area contributed by atoms with Gasteiger partial charge in [-0.2, -0.15) is 10.1 Å². The average molecular weight is 487 g/mol. The molecule has 12 heteroatoms. The van der Waals surface area contributed by atoms with Crippen LogP contribution < -0.4 is 14.5 Å². The van der Waals surface area contributed by atoms with Gasteiger partial charge in [-0.25, -0.2) is 9.37 Å². The topological polar surface area (TPSA) is 107 Å². The molecule has 9 nitrogen and oxygen atoms in total. The number of aromatic nitrogens is 1. The van der Waals surface area contributed by atoms with Crippen molar-refractivity contribution in [2.45, 2.75) is 0 Å². The number of hydrazone groups is 1. The molecule has 4 aromatic rings. The normalized spacial score (nSPS) is 11.1. The minimum absolute atomic E-state index is 0.0562. The van der Waals surface area contributed by atoms with Crippen molar-refractivity contribution in [1.29, 1.82) is 0 Å². The van der Waals surface area contributed by atoms with Crippen molar-refractivity contribution in [3.8, 4) is 11.5 Å². The van der Waals surface area contributed by atoms with Crippen LogP contribution in [0.4, 0.5) is 14.5 Å². The molecule has 2 aromatic carbocycles. The van der Waals surface area contributed by atoms with Crippen LogP contribution in [0.15, 0.2) is 53.6 Å². The van der Waals surface area contributed by atoms with Crippen LogP contribution in [0.5, 0.6) is 11.5 Å². The van der Waals surface area contributed by atoms with Crippen LogP contribution in [0.1, 0.15) is 15.2 Å². The van der Waals surface area contributed by atoms with Crippen LogP contribution in [0.2, 0.25) is 0 Å². The van der Waals surface area contributed by atoms with Crippen LogP contribution in [0.25, 0.3) is 10.2 Å². The number of nitro groups is 1. The smallest absolute Gasteiger partial charge is 0.324 e. The first-order chi connectivity index (χ1) is 15.9. The Kier molecular flexibility index (Phi) is 6.29. The van der Waals surface area contributed by atoms with E-state index in [0.29, 0.717) is 20.8 Å². The third-order valence-electron chi connectivity index (χ3n) is 4.44. The minimum Gasteiger partial charge on any atom is -0.493 e. The fourth-order valence-corrected chi connectivity index (χ4v) is 4.59. The molecule has 168 valence electrons. The zero-order chi connectivity index (χ0) is 23.5. The Morgan fingerprint density at radius 1 is 1.18 bits per heavy atom. The summed E-state index contributed by atoms with van der Waals surface area (Å²) in [5.74, 6) is -0.441. The molecule has 0 atom stereocenters. The highest BCUT2D eigenvalue weighted by Gasteiger charge is 2.26. The summed E-state index contributed by atoms with van der Waals surface area (Å²) in [6.45, 7) is 0. The number of amides is 1. The first kappa shape index (κ1) is 22.3. The summed E-state index contributed by atoms with van der Waals surface area (Å²) >= 11 is 1.98. The van der Waals surface area contributed by atoms with Gasteiger partial charge in [0.15, 0.2) is 11.5 Å². The first-order valence-electron chi connectivity index (χ1n) is 9.31. The number of thiophene rings is 1. The van der Waals surface area contributed by atoms with Gasteiger partial charge in [0.25, 0.3) is 5.91 Å². The molecule has 1 amide bonds. The number of hydrogen-bond donors (Lipinski definition) is 0. The number of ether oxygens (including phenoxy) is 2. The number of benzene rings is 2. The van der Waals surface area contributed by atoms with Gasteiger partial charge in [0.2, 0.25) is 5.13 Å². The molecule has 2 heterocycles. The highest BCUT2D eigenvalue weighted by atomic mass is 32.1. The lowest BCUT2D eigenvalue weighted by molar-refractivity contribution is -0.380. The van der Waals surface area contributed by atoms with Crippen molar-refractivity contribution in [1.82, 2.24) is 4.98 Å². The fraction of sp³-hybridized carbons (Fsp3) is 0.0952. The van der Waals surface area contributed by atoms with Gasteiger partial charge in [-0.05, 0) is 36.4 Å². The number of halogens is 1. The van der Waals surface area contributed by atoms with E-state index in [9.17, 15) is 19.3 Å². The standard InChI is InChI=1S/C21H15FN4O5S2/c1-30-16-5-3-4-14(19(16)31-2)20(27)25(23-11-13-7-9-18(32-13)26(28)29)21-24-15-8-6-12(22)10-17(15)33-21/h3-11H,1-2H3/b23-11+. The molecule has 0 spiro atoms. The fourth-order valence-electron chi connectivity index (χ4n) is 2.96. The molecule has 0 unspecified atom stereocenters. The second-order valence-electron chi connectivity index (χ2n) is 6.44. The van der Waals surface area contributed by atoms with E-state index in [4.69, 9.17) is 9.47 Å². The van der Waals surface area contributed by atoms with E-state index < -0.39 is 16.6 Å². The molecule has 33 heavy (non-hydrogen) atoms. The van der Waals surface area contributed by atoms with Crippen LogP contribution in [0.3, 0.4) is 0 Å². The molecular weight excluding hydrogens is 471 g/mol. The highest BCUT2D eigenvalue weighted by molar-refractivity contribution is 7.22. The van der Waals surface area contributed by atoms with Crippen molar-refractivity contribution < 1.29 is 23.6 Å². The lowest BCUT2D eigenvalue weighted by Crippen LogP contribution is -2.26. The molecule has 0 aliphatic carbocycles. The number of methoxy groups -OCH3 is 2. The number of hydrogen-bond acceptors (Lipinski definition) is 9. The zero-order valence-corrected chi connectivity index (χ0v) is 18.9. The van der Waals surface area contributed by atoms with Crippen LogP contribution in [-0.4, -0.2) is 36.2 Å². The first-order valence-corrected chi connectivity index (χ1v) is 10.9. The van der Waals surface area contributed by atoms with Gasteiger partial charge in [-0.15, -0.1) is 0 Å². The zero-order valence-electron chi connectivity index (χ0n) is 17.2. The molecule has 0 saturated heterocycles. The van der Waals surface area contributed by atoms with E-state index in [0.717, 1.165) is 27.7 Å². The molecule has 0 aliphatic rings. The highest BCUT2D eigenvalue weighted by Crippen LogP contribution is 2.35. The van der Waals surface area contributed by atoms with E-state index in [1.165, 1.54) is 50.8 Å². The Labute approximate surface area is 194 Å². The molecular formula is C21H15FN4O5S2. The van der Waals surface area contributed by atoms with E-state index in [1.54, 1.807) is 18.2 Å². The van der Waals surface area contributed by atoms with E-state index in [2.05, 4.69) is 10.1 Å². The second-order valence-corrected chi connectivity index (χ2v) is 8.55. The van der Waals surface area contributed by atoms with Crippen LogP contribution in [-0.2, 0) is 0 Å². The molecule has 4 rings (SSSR count). The van der Waals surface area contributed by atoms with Gasteiger partial charge in [0.05, 0.1) is 46.0 Å². The van der Waals surface area contributed by atoms with Crippen molar-refractivity contribution in [2.24, 2.45) is 5.10 Å². The van der Waals surface area contributed by atoms with Gasteiger partial charge in [0, 0.05) is 6.07 Å². The molecule has 0 bridgehead atoms. The summed E-state index contributed by atoms with van der Waals surface area (Å²) in [5, 5.41) is 16.4. The lowest BCUT2D eigenvalue weighted by Gasteiger charge is -2.17. The van der Waals surface area contributed by atoms with Gasteiger partial charge in [-0.3, -0.25) is 14.9 Å². The van der Waals surface area contributed by atoms with Gasteiger partial charge >= 0.3 is 5.00 Å². The molecule has 0 saturated carbocycles. The number of carbonyl (C=O) groups excluding carboxylic acids is 1. The van der Waals surface area contributed by atoms with Crippen molar-refractivity contribution in [2.75, 3.05) is 19.2 Å². The number of nitrogens with zero attached hydrogens (tertiary/aromatic N) is 4. The van der Waals surface area contributed by atoms with Crippen molar-refractivity contribution in [3.05, 3.63) is 74.9 Å². The molecule has 0 N–H and O–H groups in total. The maximum atomic E-state index is 13.7. The number of rotatable bonds is 7. The number of thiazole rings is 1. The number of anilines is 1. The quantitative estimate of drug-likeness (QED) is 0.204. The number of carbonyl (C=O) groups is 1. The number of para-hydroxylation sites is 1.